The van der Waals surface area contributed by atoms with Crippen LogP contribution in [0.1, 0.15) is 17.5 Å². The average molecular weight is 382 g/mol. The van der Waals surface area contributed by atoms with Crippen LogP contribution in [0.5, 0.6) is 0 Å². The predicted molar refractivity (Wildman–Crippen MR) is 103 cm³/mol. The summed E-state index contributed by atoms with van der Waals surface area (Å²) in [5, 5.41) is 3.31. The average Bonchev–Trinajstić information content (AvgIpc) is 2.64. The van der Waals surface area contributed by atoms with E-state index in [0.29, 0.717) is 52.2 Å². The fourth-order valence-corrected chi connectivity index (χ4v) is 3.38. The summed E-state index contributed by atoms with van der Waals surface area (Å²) in [7, 11) is 0. The smallest absolute Gasteiger partial charge is 0.227 e. The summed E-state index contributed by atoms with van der Waals surface area (Å²) in [6.07, 6.45) is 0.904. The molecule has 1 atom stereocenters. The molecule has 3 rings (SSSR count). The Morgan fingerprint density at radius 3 is 2.38 bits per heavy atom. The fraction of sp³-hybridized carbons (Fsp3) is 0.579. The molecular formula is C19H28ClN3O3. The number of halogens is 1. The molecule has 1 unspecified atom stereocenters. The number of carbonyl (C=O) groups excluding carboxylic acids is 2. The van der Waals surface area contributed by atoms with E-state index < -0.39 is 0 Å². The Morgan fingerprint density at radius 2 is 1.77 bits per heavy atom. The highest BCUT2D eigenvalue weighted by atomic mass is 35.5. The predicted octanol–water partition coefficient (Wildman–Crippen LogP) is 1.01. The number of rotatable bonds is 4. The fourth-order valence-electron chi connectivity index (χ4n) is 3.38. The standard InChI is InChI=1S/C19H27N3O3.ClH/c1-15-4-2-3-5-16(15)12-18(23)21-7-9-22(10-8-21)19(24)13-17-14-25-11-6-20-17;/h2-5,17,20H,6-14H2,1H3;1H. The maximum absolute atomic E-state index is 12.5. The number of ether oxygens (including phenoxy) is 1. The van der Waals surface area contributed by atoms with Crippen LogP contribution in [0, 0.1) is 6.92 Å². The normalized spacial score (nSPS) is 20.4. The number of morpholine rings is 1. The molecule has 144 valence electrons. The van der Waals surface area contributed by atoms with Crippen LogP contribution in [0.15, 0.2) is 24.3 Å². The molecule has 2 aliphatic rings. The topological polar surface area (TPSA) is 61.9 Å². The van der Waals surface area contributed by atoms with Crippen molar-refractivity contribution >= 4 is 24.2 Å². The highest BCUT2D eigenvalue weighted by Crippen LogP contribution is 2.12. The number of nitrogens with one attached hydrogen (secondary N) is 1. The van der Waals surface area contributed by atoms with Gasteiger partial charge in [0.15, 0.2) is 0 Å². The van der Waals surface area contributed by atoms with Crippen molar-refractivity contribution in [3.63, 3.8) is 0 Å². The highest BCUT2D eigenvalue weighted by Gasteiger charge is 2.26. The van der Waals surface area contributed by atoms with Crippen LogP contribution >= 0.6 is 12.4 Å². The van der Waals surface area contributed by atoms with Gasteiger partial charge in [0, 0.05) is 45.2 Å². The van der Waals surface area contributed by atoms with Crippen LogP contribution in [0.3, 0.4) is 0 Å². The second-order valence-electron chi connectivity index (χ2n) is 6.79. The van der Waals surface area contributed by atoms with Crippen LogP contribution < -0.4 is 5.32 Å². The van der Waals surface area contributed by atoms with Gasteiger partial charge in [-0.2, -0.15) is 0 Å². The zero-order valence-corrected chi connectivity index (χ0v) is 16.1. The third kappa shape index (κ3) is 5.43. The maximum atomic E-state index is 12.5. The van der Waals surface area contributed by atoms with E-state index in [9.17, 15) is 9.59 Å². The van der Waals surface area contributed by atoms with Crippen molar-refractivity contribution in [2.75, 3.05) is 45.9 Å². The van der Waals surface area contributed by atoms with Crippen LogP contribution in [0.4, 0.5) is 0 Å². The molecule has 1 aromatic carbocycles. The third-order valence-electron chi connectivity index (χ3n) is 5.01. The first kappa shape index (κ1) is 20.7. The van der Waals surface area contributed by atoms with E-state index in [1.54, 1.807) is 0 Å². The van der Waals surface area contributed by atoms with E-state index in [2.05, 4.69) is 5.32 Å². The van der Waals surface area contributed by atoms with E-state index in [1.165, 1.54) is 0 Å². The number of hydrogen-bond donors (Lipinski definition) is 1. The van der Waals surface area contributed by atoms with E-state index in [0.717, 1.165) is 17.7 Å². The van der Waals surface area contributed by atoms with Crippen LogP contribution in [-0.4, -0.2) is 73.6 Å². The molecule has 2 heterocycles. The van der Waals surface area contributed by atoms with Gasteiger partial charge in [-0.15, -0.1) is 12.4 Å². The molecule has 0 bridgehead atoms. The molecule has 2 amide bonds. The molecule has 0 radical (unpaired) electrons. The lowest BCUT2D eigenvalue weighted by molar-refractivity contribution is -0.139. The number of carbonyl (C=O) groups is 2. The van der Waals surface area contributed by atoms with Crippen molar-refractivity contribution in [3.8, 4) is 0 Å². The van der Waals surface area contributed by atoms with Crippen molar-refractivity contribution in [3.05, 3.63) is 35.4 Å². The van der Waals surface area contributed by atoms with Gasteiger partial charge in [-0.3, -0.25) is 9.59 Å². The summed E-state index contributed by atoms with van der Waals surface area (Å²) in [6, 6.07) is 8.10. The van der Waals surface area contributed by atoms with Crippen molar-refractivity contribution in [2.45, 2.75) is 25.8 Å². The first-order chi connectivity index (χ1) is 12.1. The van der Waals surface area contributed by atoms with Crippen LogP contribution in [-0.2, 0) is 20.7 Å². The van der Waals surface area contributed by atoms with Crippen LogP contribution in [0.2, 0.25) is 0 Å². The molecule has 1 N–H and O–H groups in total. The minimum Gasteiger partial charge on any atom is -0.378 e. The van der Waals surface area contributed by atoms with Gasteiger partial charge in [0.1, 0.15) is 0 Å². The monoisotopic (exact) mass is 381 g/mol. The third-order valence-corrected chi connectivity index (χ3v) is 5.01. The summed E-state index contributed by atoms with van der Waals surface area (Å²) in [6.45, 7) is 6.61. The first-order valence-electron chi connectivity index (χ1n) is 9.04. The van der Waals surface area contributed by atoms with Crippen molar-refractivity contribution in [1.29, 1.82) is 0 Å². The molecule has 26 heavy (non-hydrogen) atoms. The molecule has 2 saturated heterocycles. The lowest BCUT2D eigenvalue weighted by atomic mass is 10.1. The zero-order chi connectivity index (χ0) is 17.6. The highest BCUT2D eigenvalue weighted by molar-refractivity contribution is 5.85. The Labute approximate surface area is 161 Å². The minimum atomic E-state index is 0. The Kier molecular flexibility index (Phi) is 7.87. The molecule has 1 aromatic rings. The lowest BCUT2D eigenvalue weighted by Gasteiger charge is -2.36. The Bertz CT molecular complexity index is 612. The molecule has 7 heteroatoms. The Hall–Kier alpha value is -1.63. The van der Waals surface area contributed by atoms with Gasteiger partial charge in [-0.05, 0) is 18.1 Å². The zero-order valence-electron chi connectivity index (χ0n) is 15.3. The van der Waals surface area contributed by atoms with Gasteiger partial charge in [0.25, 0.3) is 0 Å². The van der Waals surface area contributed by atoms with Gasteiger partial charge in [-0.1, -0.05) is 24.3 Å². The molecule has 0 aromatic heterocycles. The summed E-state index contributed by atoms with van der Waals surface area (Å²) in [5.41, 5.74) is 2.22. The maximum Gasteiger partial charge on any atom is 0.227 e. The number of piperazine rings is 1. The van der Waals surface area contributed by atoms with Gasteiger partial charge < -0.3 is 19.9 Å². The van der Waals surface area contributed by atoms with Crippen molar-refractivity contribution in [1.82, 2.24) is 15.1 Å². The first-order valence-corrected chi connectivity index (χ1v) is 9.04. The van der Waals surface area contributed by atoms with Gasteiger partial charge in [0.2, 0.25) is 11.8 Å². The number of hydrogen-bond acceptors (Lipinski definition) is 4. The number of aryl methyl sites for hydroxylation is 1. The molecule has 0 aliphatic carbocycles. The van der Waals surface area contributed by atoms with Gasteiger partial charge in [-0.25, -0.2) is 0 Å². The number of nitrogens with zero attached hydrogens (tertiary/aromatic N) is 2. The number of benzene rings is 1. The minimum absolute atomic E-state index is 0. The molecule has 0 spiro atoms. The Balaban J connectivity index is 0.00000243. The van der Waals surface area contributed by atoms with E-state index in [1.807, 2.05) is 41.0 Å². The summed E-state index contributed by atoms with van der Waals surface area (Å²) < 4.78 is 5.40. The lowest BCUT2D eigenvalue weighted by Crippen LogP contribution is -2.52. The molecule has 6 nitrogen and oxygen atoms in total. The molecular weight excluding hydrogens is 354 g/mol. The second kappa shape index (κ2) is 9.90. The summed E-state index contributed by atoms with van der Waals surface area (Å²) in [4.78, 5) is 28.7. The Morgan fingerprint density at radius 1 is 1.12 bits per heavy atom. The summed E-state index contributed by atoms with van der Waals surface area (Å²) in [5.74, 6) is 0.290. The van der Waals surface area contributed by atoms with E-state index in [4.69, 9.17) is 4.74 Å². The number of amides is 2. The van der Waals surface area contributed by atoms with E-state index in [-0.39, 0.29) is 30.3 Å². The second-order valence-corrected chi connectivity index (χ2v) is 6.79. The van der Waals surface area contributed by atoms with Gasteiger partial charge >= 0.3 is 0 Å². The van der Waals surface area contributed by atoms with E-state index >= 15 is 0 Å². The SMILES string of the molecule is Cc1ccccc1CC(=O)N1CCN(C(=O)CC2COCCN2)CC1.Cl. The quantitative estimate of drug-likeness (QED) is 0.845. The largest absolute Gasteiger partial charge is 0.378 e. The molecule has 2 aliphatic heterocycles. The molecule has 0 saturated carbocycles. The van der Waals surface area contributed by atoms with Gasteiger partial charge in [0.05, 0.1) is 19.6 Å². The van der Waals surface area contributed by atoms with Crippen molar-refractivity contribution in [2.24, 2.45) is 0 Å². The molecule has 2 fully saturated rings. The summed E-state index contributed by atoms with van der Waals surface area (Å²) >= 11 is 0. The van der Waals surface area contributed by atoms with Crippen LogP contribution in [0.25, 0.3) is 0 Å². The van der Waals surface area contributed by atoms with Crippen molar-refractivity contribution < 1.29 is 14.3 Å².